The van der Waals surface area contributed by atoms with Crippen LogP contribution in [0.15, 0.2) is 78.9 Å². The number of hydrogen-bond acceptors (Lipinski definition) is 9. The molecule has 0 spiro atoms. The fourth-order valence-electron chi connectivity index (χ4n) is 4.93. The highest BCUT2D eigenvalue weighted by Crippen LogP contribution is 2.33. The van der Waals surface area contributed by atoms with E-state index in [1.54, 1.807) is 0 Å². The predicted octanol–water partition coefficient (Wildman–Crippen LogP) is 4.91. The second kappa shape index (κ2) is 12.8. The minimum Gasteiger partial charge on any atom is -0.462 e. The van der Waals surface area contributed by atoms with Gasteiger partial charge < -0.3 is 14.2 Å². The highest BCUT2D eigenvalue weighted by atomic mass is 28.3. The molecule has 3 aromatic carbocycles. The van der Waals surface area contributed by atoms with Crippen LogP contribution in [0.2, 0.25) is 19.1 Å². The summed E-state index contributed by atoms with van der Waals surface area (Å²) < 4.78 is 17.5. The second-order valence-electron chi connectivity index (χ2n) is 10.5. The summed E-state index contributed by atoms with van der Waals surface area (Å²) >= 11 is 0. The number of non-ortho nitro benzene ring substituents is 2. The summed E-state index contributed by atoms with van der Waals surface area (Å²) in [5, 5.41) is 23.1. The topological polar surface area (TPSA) is 148 Å². The van der Waals surface area contributed by atoms with E-state index in [0.717, 1.165) is 6.04 Å². The molecule has 4 rings (SSSR count). The molecule has 1 heterocycles. The van der Waals surface area contributed by atoms with E-state index < -0.39 is 36.0 Å². The predicted molar refractivity (Wildman–Crippen MR) is 152 cm³/mol. The molecule has 0 amide bonds. The molecule has 214 valence electrons. The van der Waals surface area contributed by atoms with Crippen LogP contribution in [-0.4, -0.2) is 55.3 Å². The Morgan fingerprint density at radius 1 is 0.854 bits per heavy atom. The van der Waals surface area contributed by atoms with Gasteiger partial charge in [0.25, 0.3) is 11.4 Å². The third-order valence-corrected chi connectivity index (χ3v) is 10.6. The summed E-state index contributed by atoms with van der Waals surface area (Å²) in [6, 6.07) is 21.3. The van der Waals surface area contributed by atoms with Gasteiger partial charge in [0.1, 0.15) is 6.10 Å². The number of rotatable bonds is 11. The molecule has 0 radical (unpaired) electrons. The van der Waals surface area contributed by atoms with Crippen molar-refractivity contribution in [1.29, 1.82) is 0 Å². The number of carbonyl (C=O) groups excluding carboxylic acids is 2. The number of carbonyl (C=O) groups is 2. The second-order valence-corrected chi connectivity index (χ2v) is 15.2. The molecule has 1 saturated heterocycles. The first kappa shape index (κ1) is 29.6. The standard InChI is InChI=1S/C29H30N2O9Si/c1-41(2,24-6-4-3-5-7-24)19-27-25(16-17-38-28(32)20-8-12-22(13-9-20)30(34)35)26(18-39-27)40-29(33)21-10-14-23(15-11-21)31(36)37/h3-15,25-27H,16-19H2,1-2H3/t25-,26+,27+/m1/s1. The zero-order chi connectivity index (χ0) is 29.6. The van der Waals surface area contributed by atoms with Crippen molar-refractivity contribution in [3.8, 4) is 0 Å². The minimum absolute atomic E-state index is 0.0270. The molecule has 0 aromatic heterocycles. The van der Waals surface area contributed by atoms with E-state index in [2.05, 4.69) is 25.2 Å². The smallest absolute Gasteiger partial charge is 0.338 e. The lowest BCUT2D eigenvalue weighted by atomic mass is 9.96. The summed E-state index contributed by atoms with van der Waals surface area (Å²) in [5.41, 5.74) is 0.108. The third-order valence-electron chi connectivity index (χ3n) is 7.27. The van der Waals surface area contributed by atoms with Crippen LogP contribution in [0.1, 0.15) is 27.1 Å². The average Bonchev–Trinajstić information content (AvgIpc) is 3.33. The van der Waals surface area contributed by atoms with Crippen molar-refractivity contribution in [2.75, 3.05) is 13.2 Å². The Hall–Kier alpha value is -4.42. The number of benzene rings is 3. The Labute approximate surface area is 237 Å². The lowest BCUT2D eigenvalue weighted by Gasteiger charge is -2.30. The molecular weight excluding hydrogens is 548 g/mol. The van der Waals surface area contributed by atoms with E-state index in [1.165, 1.54) is 53.7 Å². The Morgan fingerprint density at radius 3 is 1.93 bits per heavy atom. The van der Waals surface area contributed by atoms with E-state index in [1.807, 2.05) is 18.2 Å². The molecule has 0 unspecified atom stereocenters. The summed E-state index contributed by atoms with van der Waals surface area (Å²) in [7, 11) is -1.96. The van der Waals surface area contributed by atoms with E-state index in [0.29, 0.717) is 6.42 Å². The Kier molecular flexibility index (Phi) is 9.25. The van der Waals surface area contributed by atoms with Crippen LogP contribution in [0.3, 0.4) is 0 Å². The number of ether oxygens (including phenoxy) is 3. The zero-order valence-electron chi connectivity index (χ0n) is 22.6. The van der Waals surface area contributed by atoms with Gasteiger partial charge in [0, 0.05) is 30.2 Å². The maximum atomic E-state index is 12.9. The molecular formula is C29H30N2O9Si. The van der Waals surface area contributed by atoms with Crippen molar-refractivity contribution in [1.82, 2.24) is 0 Å². The number of hydrogen-bond donors (Lipinski definition) is 0. The highest BCUT2D eigenvalue weighted by molar-refractivity contribution is 6.89. The summed E-state index contributed by atoms with van der Waals surface area (Å²) in [6.45, 7) is 4.68. The van der Waals surface area contributed by atoms with Crippen molar-refractivity contribution in [3.05, 3.63) is 110 Å². The molecule has 0 bridgehead atoms. The Morgan fingerprint density at radius 2 is 1.39 bits per heavy atom. The third kappa shape index (κ3) is 7.41. The molecule has 0 N–H and O–H groups in total. The first-order valence-corrected chi connectivity index (χ1v) is 16.3. The largest absolute Gasteiger partial charge is 0.462 e. The lowest BCUT2D eigenvalue weighted by Crippen LogP contribution is -2.45. The maximum Gasteiger partial charge on any atom is 0.338 e. The van der Waals surface area contributed by atoms with Crippen LogP contribution < -0.4 is 5.19 Å². The normalized spacial score (nSPS) is 18.4. The van der Waals surface area contributed by atoms with E-state index >= 15 is 0 Å². The fourth-order valence-corrected chi connectivity index (χ4v) is 7.69. The molecule has 3 atom stereocenters. The fraction of sp³-hybridized carbons (Fsp3) is 0.310. The Bertz CT molecular complexity index is 1400. The molecule has 41 heavy (non-hydrogen) atoms. The lowest BCUT2D eigenvalue weighted by molar-refractivity contribution is -0.385. The van der Waals surface area contributed by atoms with Gasteiger partial charge in [0.2, 0.25) is 0 Å². The quantitative estimate of drug-likeness (QED) is 0.134. The van der Waals surface area contributed by atoms with Gasteiger partial charge in [-0.1, -0.05) is 48.6 Å². The van der Waals surface area contributed by atoms with Gasteiger partial charge in [-0.15, -0.1) is 0 Å². The van der Waals surface area contributed by atoms with E-state index in [4.69, 9.17) is 14.2 Å². The summed E-state index contributed by atoms with van der Waals surface area (Å²) in [6.07, 6.45) is -0.494. The molecule has 1 fully saturated rings. The number of nitrogens with zero attached hydrogens (tertiary/aromatic N) is 2. The van der Waals surface area contributed by atoms with Crippen LogP contribution in [0.25, 0.3) is 0 Å². The molecule has 3 aromatic rings. The van der Waals surface area contributed by atoms with Gasteiger partial charge >= 0.3 is 11.9 Å². The number of nitro benzene ring substituents is 2. The molecule has 1 aliphatic heterocycles. The molecule has 12 heteroatoms. The maximum absolute atomic E-state index is 12.9. The highest BCUT2D eigenvalue weighted by Gasteiger charge is 2.43. The van der Waals surface area contributed by atoms with Crippen LogP contribution in [0.4, 0.5) is 11.4 Å². The van der Waals surface area contributed by atoms with Crippen molar-refractivity contribution in [2.24, 2.45) is 5.92 Å². The van der Waals surface area contributed by atoms with Crippen LogP contribution >= 0.6 is 0 Å². The van der Waals surface area contributed by atoms with E-state index in [-0.39, 0.29) is 47.7 Å². The molecule has 0 aliphatic carbocycles. The van der Waals surface area contributed by atoms with Crippen LogP contribution in [-0.2, 0) is 14.2 Å². The van der Waals surface area contributed by atoms with Crippen LogP contribution in [0.5, 0.6) is 0 Å². The molecule has 11 nitrogen and oxygen atoms in total. The van der Waals surface area contributed by atoms with Crippen molar-refractivity contribution in [3.63, 3.8) is 0 Å². The minimum atomic E-state index is -1.96. The molecule has 0 saturated carbocycles. The SMILES string of the molecule is C[Si](C)(C[C@@H]1OC[C@H](OC(=O)c2ccc([N+](=O)[O-])cc2)[C@H]1CCOC(=O)c1ccc([N+](=O)[O-])cc1)c1ccccc1. The monoisotopic (exact) mass is 578 g/mol. The first-order chi connectivity index (χ1) is 19.5. The average molecular weight is 579 g/mol. The van der Waals surface area contributed by atoms with Gasteiger partial charge in [0.05, 0.1) is 48.4 Å². The number of nitro groups is 2. The Balaban J connectivity index is 1.46. The van der Waals surface area contributed by atoms with Crippen molar-refractivity contribution < 1.29 is 33.6 Å². The van der Waals surface area contributed by atoms with Gasteiger partial charge in [-0.05, 0) is 36.7 Å². The van der Waals surface area contributed by atoms with Crippen molar-refractivity contribution in [2.45, 2.75) is 37.8 Å². The number of esters is 2. The van der Waals surface area contributed by atoms with Gasteiger partial charge in [-0.25, -0.2) is 9.59 Å². The van der Waals surface area contributed by atoms with Gasteiger partial charge in [-0.2, -0.15) is 0 Å². The zero-order valence-corrected chi connectivity index (χ0v) is 23.6. The van der Waals surface area contributed by atoms with Gasteiger partial charge in [0.15, 0.2) is 0 Å². The summed E-state index contributed by atoms with van der Waals surface area (Å²) in [5.74, 6) is -1.51. The van der Waals surface area contributed by atoms with Crippen LogP contribution in [0, 0.1) is 26.1 Å². The first-order valence-electron chi connectivity index (χ1n) is 13.1. The van der Waals surface area contributed by atoms with Gasteiger partial charge in [-0.3, -0.25) is 20.2 Å². The summed E-state index contributed by atoms with van der Waals surface area (Å²) in [4.78, 5) is 46.2. The molecule has 1 aliphatic rings. The van der Waals surface area contributed by atoms with E-state index in [9.17, 15) is 29.8 Å². The van der Waals surface area contributed by atoms with Crippen molar-refractivity contribution >= 4 is 36.6 Å².